The highest BCUT2D eigenvalue weighted by Crippen LogP contribution is 2.18. The van der Waals surface area contributed by atoms with E-state index in [2.05, 4.69) is 31.0 Å². The molecule has 0 fully saturated rings. The van der Waals surface area contributed by atoms with Gasteiger partial charge in [0, 0.05) is 5.92 Å². The van der Waals surface area contributed by atoms with E-state index in [1.807, 2.05) is 13.8 Å². The molecule has 0 unspecified atom stereocenters. The first-order chi connectivity index (χ1) is 5.74. The molecule has 1 rings (SSSR count). The van der Waals surface area contributed by atoms with Gasteiger partial charge in [0.25, 0.3) is 0 Å². The van der Waals surface area contributed by atoms with E-state index in [1.54, 1.807) is 11.3 Å². The van der Waals surface area contributed by atoms with Crippen LogP contribution in [0.4, 0.5) is 0 Å². The van der Waals surface area contributed by atoms with E-state index >= 15 is 0 Å². The molecule has 0 N–H and O–H groups in total. The summed E-state index contributed by atoms with van der Waals surface area (Å²) in [5.41, 5.74) is 0. The second-order valence-corrected chi connectivity index (χ2v) is 3.64. The molecular weight excluding hydrogens is 168 g/mol. The van der Waals surface area contributed by atoms with Crippen molar-refractivity contribution in [3.8, 4) is 0 Å². The van der Waals surface area contributed by atoms with Gasteiger partial charge in [-0.25, -0.2) is 0 Å². The summed E-state index contributed by atoms with van der Waals surface area (Å²) in [4.78, 5) is 0. The van der Waals surface area contributed by atoms with Crippen LogP contribution in [0.3, 0.4) is 0 Å². The quantitative estimate of drug-likeness (QED) is 0.708. The van der Waals surface area contributed by atoms with Crippen molar-refractivity contribution >= 4 is 11.3 Å². The van der Waals surface area contributed by atoms with Crippen molar-refractivity contribution in [2.24, 2.45) is 0 Å². The van der Waals surface area contributed by atoms with Crippen LogP contribution in [0.1, 0.15) is 50.6 Å². The van der Waals surface area contributed by atoms with Crippen molar-refractivity contribution in [3.63, 3.8) is 0 Å². The molecule has 1 aromatic rings. The maximum absolute atomic E-state index is 4.06. The lowest BCUT2D eigenvalue weighted by Gasteiger charge is -1.92. The average molecular weight is 186 g/mol. The Kier molecular flexibility index (Phi) is 5.89. The average Bonchev–Trinajstić information content (AvgIpc) is 2.55. The summed E-state index contributed by atoms with van der Waals surface area (Å²) in [5.74, 6) is 0.526. The number of aryl methyl sites for hydroxylation is 1. The smallest absolute Gasteiger partial charge is 0.119 e. The van der Waals surface area contributed by atoms with Crippen molar-refractivity contribution in [1.82, 2.24) is 10.2 Å². The molecule has 0 atom stereocenters. The number of rotatable bonds is 2. The van der Waals surface area contributed by atoms with E-state index in [9.17, 15) is 0 Å². The van der Waals surface area contributed by atoms with Gasteiger partial charge in [0.15, 0.2) is 0 Å². The molecule has 0 aliphatic carbocycles. The monoisotopic (exact) mass is 186 g/mol. The highest BCUT2D eigenvalue weighted by Gasteiger charge is 2.04. The molecule has 1 heterocycles. The first-order valence-corrected chi connectivity index (χ1v) is 5.38. The van der Waals surface area contributed by atoms with Crippen LogP contribution in [-0.4, -0.2) is 10.2 Å². The van der Waals surface area contributed by atoms with Gasteiger partial charge in [-0.05, 0) is 6.42 Å². The first-order valence-electron chi connectivity index (χ1n) is 4.56. The van der Waals surface area contributed by atoms with Gasteiger partial charge in [0.05, 0.1) is 0 Å². The van der Waals surface area contributed by atoms with E-state index in [0.29, 0.717) is 5.92 Å². The van der Waals surface area contributed by atoms with E-state index in [1.165, 1.54) is 0 Å². The fourth-order valence-electron chi connectivity index (χ4n) is 0.643. The van der Waals surface area contributed by atoms with Gasteiger partial charge in [0.2, 0.25) is 0 Å². The van der Waals surface area contributed by atoms with Gasteiger partial charge < -0.3 is 0 Å². The fourth-order valence-corrected chi connectivity index (χ4v) is 1.43. The van der Waals surface area contributed by atoms with Gasteiger partial charge in [-0.1, -0.05) is 34.6 Å². The minimum Gasteiger partial charge on any atom is -0.144 e. The van der Waals surface area contributed by atoms with Crippen LogP contribution in [-0.2, 0) is 6.42 Å². The minimum absolute atomic E-state index is 0.526. The molecule has 70 valence electrons. The molecule has 0 amide bonds. The molecule has 0 saturated carbocycles. The Bertz CT molecular complexity index is 206. The van der Waals surface area contributed by atoms with E-state index in [0.717, 1.165) is 16.4 Å². The maximum atomic E-state index is 4.06. The van der Waals surface area contributed by atoms with Crippen LogP contribution in [0.15, 0.2) is 0 Å². The Morgan fingerprint density at radius 2 is 1.83 bits per heavy atom. The Labute approximate surface area is 79.0 Å². The lowest BCUT2D eigenvalue weighted by atomic mass is 10.2. The SMILES string of the molecule is CC.CCc1nnc(C(C)C)s1. The molecular formula is C9H18N2S. The normalized spacial score (nSPS) is 9.50. The van der Waals surface area contributed by atoms with E-state index in [4.69, 9.17) is 0 Å². The van der Waals surface area contributed by atoms with Crippen molar-refractivity contribution in [3.05, 3.63) is 10.0 Å². The fraction of sp³-hybridized carbons (Fsp3) is 0.778. The predicted octanol–water partition coefficient (Wildman–Crippen LogP) is 3.25. The topological polar surface area (TPSA) is 25.8 Å². The lowest BCUT2D eigenvalue weighted by Crippen LogP contribution is -1.83. The third-order valence-electron chi connectivity index (χ3n) is 1.28. The van der Waals surface area contributed by atoms with Crippen LogP contribution in [0.25, 0.3) is 0 Å². The van der Waals surface area contributed by atoms with Gasteiger partial charge in [-0.15, -0.1) is 21.5 Å². The summed E-state index contributed by atoms with van der Waals surface area (Å²) in [6.07, 6.45) is 1.00. The Hall–Kier alpha value is -0.440. The van der Waals surface area contributed by atoms with Gasteiger partial charge >= 0.3 is 0 Å². The number of aromatic nitrogens is 2. The second kappa shape index (κ2) is 6.12. The predicted molar refractivity (Wildman–Crippen MR) is 54.7 cm³/mol. The number of hydrogen-bond acceptors (Lipinski definition) is 3. The summed E-state index contributed by atoms with van der Waals surface area (Å²) >= 11 is 1.72. The van der Waals surface area contributed by atoms with Crippen LogP contribution in [0, 0.1) is 0 Å². The number of hydrogen-bond donors (Lipinski definition) is 0. The summed E-state index contributed by atoms with van der Waals surface area (Å²) < 4.78 is 0. The van der Waals surface area contributed by atoms with Crippen molar-refractivity contribution in [2.75, 3.05) is 0 Å². The van der Waals surface area contributed by atoms with Crippen molar-refractivity contribution < 1.29 is 0 Å². The highest BCUT2D eigenvalue weighted by atomic mass is 32.1. The molecule has 3 heteroatoms. The molecule has 2 nitrogen and oxygen atoms in total. The lowest BCUT2D eigenvalue weighted by molar-refractivity contribution is 0.818. The summed E-state index contributed by atoms with van der Waals surface area (Å²) in [6, 6.07) is 0. The summed E-state index contributed by atoms with van der Waals surface area (Å²) in [7, 11) is 0. The van der Waals surface area contributed by atoms with Crippen LogP contribution < -0.4 is 0 Å². The van der Waals surface area contributed by atoms with E-state index in [-0.39, 0.29) is 0 Å². The van der Waals surface area contributed by atoms with Crippen LogP contribution in [0.2, 0.25) is 0 Å². The molecule has 0 aliphatic rings. The van der Waals surface area contributed by atoms with Crippen LogP contribution in [0.5, 0.6) is 0 Å². The first kappa shape index (κ1) is 11.6. The standard InChI is InChI=1S/C7H12N2S.C2H6/c1-4-6-8-9-7(10-6)5(2)3;1-2/h5H,4H2,1-3H3;1-2H3. The molecule has 1 aromatic heterocycles. The maximum Gasteiger partial charge on any atom is 0.119 e. The Morgan fingerprint density at radius 1 is 1.25 bits per heavy atom. The summed E-state index contributed by atoms with van der Waals surface area (Å²) in [5, 5.41) is 10.4. The molecule has 0 radical (unpaired) electrons. The highest BCUT2D eigenvalue weighted by molar-refractivity contribution is 7.11. The van der Waals surface area contributed by atoms with Crippen molar-refractivity contribution in [1.29, 1.82) is 0 Å². The molecule has 0 bridgehead atoms. The van der Waals surface area contributed by atoms with E-state index < -0.39 is 0 Å². The third kappa shape index (κ3) is 3.30. The molecule has 0 aromatic carbocycles. The van der Waals surface area contributed by atoms with Gasteiger partial charge in [-0.3, -0.25) is 0 Å². The Balaban J connectivity index is 0.000000561. The second-order valence-electron chi connectivity index (χ2n) is 2.54. The zero-order valence-electron chi connectivity index (χ0n) is 8.59. The Morgan fingerprint density at radius 3 is 2.08 bits per heavy atom. The third-order valence-corrected chi connectivity index (χ3v) is 2.65. The summed E-state index contributed by atoms with van der Waals surface area (Å²) in [6.45, 7) is 10.4. The zero-order valence-corrected chi connectivity index (χ0v) is 9.40. The largest absolute Gasteiger partial charge is 0.144 e. The van der Waals surface area contributed by atoms with Crippen molar-refractivity contribution in [2.45, 2.75) is 47.0 Å². The molecule has 12 heavy (non-hydrogen) atoms. The zero-order chi connectivity index (χ0) is 9.56. The minimum atomic E-state index is 0.526. The molecule has 0 spiro atoms. The number of nitrogens with zero attached hydrogens (tertiary/aromatic N) is 2. The molecule has 0 saturated heterocycles. The van der Waals surface area contributed by atoms with Crippen LogP contribution >= 0.6 is 11.3 Å². The van der Waals surface area contributed by atoms with Gasteiger partial charge in [0.1, 0.15) is 10.0 Å². The van der Waals surface area contributed by atoms with Gasteiger partial charge in [-0.2, -0.15) is 0 Å². The molecule has 0 aliphatic heterocycles.